The molecule has 4 aromatic rings. The van der Waals surface area contributed by atoms with E-state index in [0.29, 0.717) is 39.8 Å². The Morgan fingerprint density at radius 1 is 1.15 bits per heavy atom. The minimum absolute atomic E-state index is 0.0343. The molecule has 7 nitrogen and oxygen atoms in total. The molecule has 1 aliphatic rings. The largest absolute Gasteiger partial charge is 0.493 e. The third kappa shape index (κ3) is 5.16. The lowest BCUT2D eigenvalue weighted by Gasteiger charge is -2.27. The molecule has 40 heavy (non-hydrogen) atoms. The summed E-state index contributed by atoms with van der Waals surface area (Å²) in [7, 11) is 1.57. The molecule has 3 aromatic carbocycles. The van der Waals surface area contributed by atoms with E-state index in [9.17, 15) is 10.1 Å². The molecule has 0 spiro atoms. The van der Waals surface area contributed by atoms with Gasteiger partial charge in [0.1, 0.15) is 28.0 Å². The van der Waals surface area contributed by atoms with Gasteiger partial charge in [-0.1, -0.05) is 54.7 Å². The Morgan fingerprint density at radius 2 is 1.98 bits per heavy atom. The molecule has 2 heterocycles. The molecule has 0 radical (unpaired) electrons. The minimum atomic E-state index is -0.626. The number of unbranched alkanes of at least 4 members (excludes halogenated alkanes) is 1. The molecule has 0 saturated heterocycles. The number of nitrogens with zero attached hydrogens (tertiary/aromatic N) is 1. The summed E-state index contributed by atoms with van der Waals surface area (Å²) in [5, 5.41) is 11.2. The van der Waals surface area contributed by atoms with Crippen molar-refractivity contribution in [2.45, 2.75) is 25.7 Å². The number of nitrogens with two attached hydrogens (primary N) is 1. The fourth-order valence-electron chi connectivity index (χ4n) is 4.51. The van der Waals surface area contributed by atoms with Gasteiger partial charge in [0, 0.05) is 21.7 Å². The highest BCUT2D eigenvalue weighted by Crippen LogP contribution is 2.45. The van der Waals surface area contributed by atoms with Crippen LogP contribution in [0, 0.1) is 11.3 Å². The summed E-state index contributed by atoms with van der Waals surface area (Å²) in [4.78, 5) is 13.3. The first-order valence-electron chi connectivity index (χ1n) is 12.5. The van der Waals surface area contributed by atoms with Crippen molar-refractivity contribution in [2.24, 2.45) is 5.73 Å². The predicted octanol–water partition coefficient (Wildman–Crippen LogP) is 7.83. The van der Waals surface area contributed by atoms with E-state index in [1.165, 1.54) is 11.3 Å². The van der Waals surface area contributed by atoms with Crippen LogP contribution in [0.3, 0.4) is 0 Å². The Morgan fingerprint density at radius 3 is 2.70 bits per heavy atom. The molecule has 1 aromatic heterocycles. The van der Waals surface area contributed by atoms with Gasteiger partial charge >= 0.3 is 5.97 Å². The van der Waals surface area contributed by atoms with Crippen LogP contribution in [0.1, 0.15) is 46.5 Å². The van der Waals surface area contributed by atoms with Crippen LogP contribution < -0.4 is 24.7 Å². The average molecular weight is 596 g/mol. The number of esters is 1. The van der Waals surface area contributed by atoms with Crippen LogP contribution in [-0.2, 0) is 0 Å². The van der Waals surface area contributed by atoms with Gasteiger partial charge in [-0.15, -0.1) is 11.3 Å². The molecule has 1 aliphatic heterocycles. The highest BCUT2D eigenvalue weighted by atomic mass is 35.5. The molecule has 10 heteroatoms. The SMILES string of the molecule is CCCCOc1ccc(C2C(C#N)=C(N)Oc3cc(OC(=O)c4sc5cccc(Cl)c5c4Cl)ccc32)cc1OC. The predicted molar refractivity (Wildman–Crippen MR) is 156 cm³/mol. The van der Waals surface area contributed by atoms with Crippen molar-refractivity contribution in [1.82, 2.24) is 0 Å². The van der Waals surface area contributed by atoms with Gasteiger partial charge in [0.05, 0.1) is 29.7 Å². The maximum atomic E-state index is 13.0. The zero-order valence-corrected chi connectivity index (χ0v) is 24.0. The number of ether oxygens (including phenoxy) is 4. The standard InChI is InChI=1S/C30H24Cl2N2O5S/c1-3-4-12-37-21-11-8-16(13-23(21)36-2)25-18-10-9-17(14-22(18)39-29(34)19(25)15-33)38-30(35)28-27(32)26-20(31)6-5-7-24(26)40-28/h5-11,13-14,25H,3-4,12,34H2,1-2H3. The molecule has 1 unspecified atom stereocenters. The highest BCUT2D eigenvalue weighted by Gasteiger charge is 2.32. The summed E-state index contributed by atoms with van der Waals surface area (Å²) < 4.78 is 23.7. The van der Waals surface area contributed by atoms with Crippen LogP contribution in [-0.4, -0.2) is 19.7 Å². The number of hydrogen-bond donors (Lipinski definition) is 1. The van der Waals surface area contributed by atoms with Crippen molar-refractivity contribution in [1.29, 1.82) is 5.26 Å². The molecule has 2 N–H and O–H groups in total. The zero-order chi connectivity index (χ0) is 28.4. The third-order valence-electron chi connectivity index (χ3n) is 6.47. The molecular weight excluding hydrogens is 571 g/mol. The molecule has 0 bridgehead atoms. The first-order chi connectivity index (χ1) is 19.4. The topological polar surface area (TPSA) is 104 Å². The first kappa shape index (κ1) is 27.7. The second-order valence-corrected chi connectivity index (χ2v) is 10.8. The molecule has 1 atom stereocenters. The number of nitriles is 1. The average Bonchev–Trinajstić information content (AvgIpc) is 3.30. The van der Waals surface area contributed by atoms with E-state index in [1.807, 2.05) is 24.3 Å². The van der Waals surface area contributed by atoms with Gasteiger partial charge < -0.3 is 24.7 Å². The number of halogens is 2. The minimum Gasteiger partial charge on any atom is -0.493 e. The van der Waals surface area contributed by atoms with Gasteiger partial charge in [-0.25, -0.2) is 4.79 Å². The van der Waals surface area contributed by atoms with E-state index in [1.54, 1.807) is 37.4 Å². The number of allylic oxidation sites excluding steroid dienone is 1. The molecule has 204 valence electrons. The zero-order valence-electron chi connectivity index (χ0n) is 21.6. The molecule has 0 fully saturated rings. The van der Waals surface area contributed by atoms with Crippen LogP contribution in [0.15, 0.2) is 66.1 Å². The van der Waals surface area contributed by atoms with Crippen LogP contribution in [0.25, 0.3) is 10.1 Å². The lowest BCUT2D eigenvalue weighted by Crippen LogP contribution is -2.21. The summed E-state index contributed by atoms with van der Waals surface area (Å²) in [6.45, 7) is 2.66. The lowest BCUT2D eigenvalue weighted by atomic mass is 9.83. The molecule has 0 saturated carbocycles. The van der Waals surface area contributed by atoms with Crippen LogP contribution in [0.2, 0.25) is 10.0 Å². The Hall–Kier alpha value is -3.90. The van der Waals surface area contributed by atoms with E-state index in [0.717, 1.165) is 23.1 Å². The van der Waals surface area contributed by atoms with E-state index >= 15 is 0 Å². The van der Waals surface area contributed by atoms with Gasteiger partial charge in [0.25, 0.3) is 0 Å². The number of methoxy groups -OCH3 is 1. The Bertz CT molecular complexity index is 1690. The van der Waals surface area contributed by atoms with Gasteiger partial charge in [-0.2, -0.15) is 5.26 Å². The van der Waals surface area contributed by atoms with Crippen LogP contribution in [0.5, 0.6) is 23.0 Å². The quantitative estimate of drug-likeness (QED) is 0.126. The highest BCUT2D eigenvalue weighted by molar-refractivity contribution is 7.21. The maximum absolute atomic E-state index is 13.0. The molecule has 5 rings (SSSR count). The number of thiophene rings is 1. The lowest BCUT2D eigenvalue weighted by molar-refractivity contribution is 0.0740. The van der Waals surface area contributed by atoms with Crippen LogP contribution in [0.4, 0.5) is 0 Å². The maximum Gasteiger partial charge on any atom is 0.355 e. The van der Waals surface area contributed by atoms with Gasteiger partial charge in [0.2, 0.25) is 5.88 Å². The second-order valence-electron chi connectivity index (χ2n) is 8.98. The molecular formula is C30H24Cl2N2O5S. The molecule has 0 aliphatic carbocycles. The monoisotopic (exact) mass is 594 g/mol. The van der Waals surface area contributed by atoms with Crippen LogP contribution >= 0.6 is 34.5 Å². The Kier molecular flexibility index (Phi) is 8.08. The van der Waals surface area contributed by atoms with Crippen molar-refractivity contribution in [3.05, 3.63) is 92.1 Å². The fraction of sp³-hybridized carbons (Fsp3) is 0.200. The summed E-state index contributed by atoms with van der Waals surface area (Å²) in [6.07, 6.45) is 1.93. The van der Waals surface area contributed by atoms with E-state index < -0.39 is 11.9 Å². The van der Waals surface area contributed by atoms with Crippen molar-refractivity contribution < 1.29 is 23.7 Å². The number of carbonyl (C=O) groups excluding carboxylic acids is 1. The van der Waals surface area contributed by atoms with Gasteiger partial charge in [-0.05, 0) is 42.3 Å². The van der Waals surface area contributed by atoms with Gasteiger partial charge in [0.15, 0.2) is 11.5 Å². The van der Waals surface area contributed by atoms with Crippen molar-refractivity contribution in [3.8, 4) is 29.1 Å². The summed E-state index contributed by atoms with van der Waals surface area (Å²) in [5.41, 5.74) is 7.88. The van der Waals surface area contributed by atoms with E-state index in [-0.39, 0.29) is 27.1 Å². The number of fused-ring (bicyclic) bond motifs is 2. The first-order valence-corrected chi connectivity index (χ1v) is 14.0. The van der Waals surface area contributed by atoms with Crippen molar-refractivity contribution in [2.75, 3.05) is 13.7 Å². The van der Waals surface area contributed by atoms with Crippen molar-refractivity contribution in [3.63, 3.8) is 0 Å². The van der Waals surface area contributed by atoms with E-state index in [2.05, 4.69) is 13.0 Å². The third-order valence-corrected chi connectivity index (χ3v) is 8.41. The summed E-state index contributed by atoms with van der Waals surface area (Å²) in [6, 6.07) is 18.0. The summed E-state index contributed by atoms with van der Waals surface area (Å²) >= 11 is 14.0. The van der Waals surface area contributed by atoms with Crippen molar-refractivity contribution >= 4 is 50.6 Å². The Balaban J connectivity index is 1.47. The molecule has 0 amide bonds. The number of carbonyl (C=O) groups is 1. The number of rotatable bonds is 8. The Labute approximate surface area is 245 Å². The smallest absolute Gasteiger partial charge is 0.355 e. The van der Waals surface area contributed by atoms with Gasteiger partial charge in [-0.3, -0.25) is 0 Å². The summed E-state index contributed by atoms with van der Waals surface area (Å²) in [5.74, 6) is 0.560. The second kappa shape index (κ2) is 11.7. The van der Waals surface area contributed by atoms with E-state index in [4.69, 9.17) is 47.9 Å². The number of hydrogen-bond acceptors (Lipinski definition) is 8. The normalized spacial score (nSPS) is 14.3. The number of benzene rings is 3. The fourth-order valence-corrected chi connectivity index (χ4v) is 6.33.